The molecule has 1 aliphatic rings. The number of nitrogens with two attached hydrogens (primary N) is 1. The number of carbonyl (C=O) groups excluding carboxylic acids is 1. The van der Waals surface area contributed by atoms with Gasteiger partial charge in [0.2, 0.25) is 0 Å². The summed E-state index contributed by atoms with van der Waals surface area (Å²) in [5, 5.41) is 2.96. The highest BCUT2D eigenvalue weighted by Gasteiger charge is 2.41. The fourth-order valence-electron chi connectivity index (χ4n) is 1.81. The molecule has 18 heavy (non-hydrogen) atoms. The molecule has 1 aromatic carbocycles. The highest BCUT2D eigenvalue weighted by Crippen LogP contribution is 2.46. The molecule has 1 saturated carbocycles. The first kappa shape index (κ1) is 13.1. The van der Waals surface area contributed by atoms with Crippen LogP contribution in [0.2, 0.25) is 0 Å². The van der Waals surface area contributed by atoms with Crippen LogP contribution in [0.4, 0.5) is 5.69 Å². The first-order valence-corrected chi connectivity index (χ1v) is 7.09. The Hall–Kier alpha value is -1.36. The van der Waals surface area contributed by atoms with E-state index in [2.05, 4.69) is 11.6 Å². The van der Waals surface area contributed by atoms with Crippen LogP contribution in [0.5, 0.6) is 5.75 Å². The third-order valence-corrected chi connectivity index (χ3v) is 4.72. The van der Waals surface area contributed by atoms with Gasteiger partial charge in [0, 0.05) is 16.9 Å². The Morgan fingerprint density at radius 3 is 2.78 bits per heavy atom. The molecule has 4 nitrogen and oxygen atoms in total. The van der Waals surface area contributed by atoms with E-state index >= 15 is 0 Å². The molecule has 0 bridgehead atoms. The summed E-state index contributed by atoms with van der Waals surface area (Å²) < 4.78 is 5.33. The van der Waals surface area contributed by atoms with E-state index in [-0.39, 0.29) is 10.7 Å². The molecule has 0 unspecified atom stereocenters. The Morgan fingerprint density at radius 2 is 2.28 bits per heavy atom. The van der Waals surface area contributed by atoms with E-state index in [1.807, 2.05) is 11.8 Å². The topological polar surface area (TPSA) is 64.3 Å². The maximum Gasteiger partial charge on any atom is 0.251 e. The van der Waals surface area contributed by atoms with E-state index in [1.165, 1.54) is 12.8 Å². The number of nitrogen functional groups attached to an aromatic ring is 1. The molecule has 0 aliphatic heterocycles. The molecule has 98 valence electrons. The first-order chi connectivity index (χ1) is 8.60. The van der Waals surface area contributed by atoms with Crippen molar-refractivity contribution in [3.05, 3.63) is 23.8 Å². The highest BCUT2D eigenvalue weighted by atomic mass is 32.2. The van der Waals surface area contributed by atoms with Crippen molar-refractivity contribution in [1.29, 1.82) is 0 Å². The molecular weight excluding hydrogens is 248 g/mol. The van der Waals surface area contributed by atoms with E-state index in [4.69, 9.17) is 10.5 Å². The molecule has 1 aromatic rings. The van der Waals surface area contributed by atoms with Crippen molar-refractivity contribution in [3.63, 3.8) is 0 Å². The molecule has 0 atom stereocenters. The van der Waals surface area contributed by atoms with Gasteiger partial charge in [-0.3, -0.25) is 4.79 Å². The summed E-state index contributed by atoms with van der Waals surface area (Å²) >= 11 is 1.83. The third kappa shape index (κ3) is 2.72. The summed E-state index contributed by atoms with van der Waals surface area (Å²) in [5.41, 5.74) is 6.84. The Morgan fingerprint density at radius 1 is 1.56 bits per heavy atom. The molecule has 0 aromatic heterocycles. The van der Waals surface area contributed by atoms with Gasteiger partial charge in [0.15, 0.2) is 0 Å². The summed E-state index contributed by atoms with van der Waals surface area (Å²) in [7, 11) is 1.56. The minimum atomic E-state index is -0.0790. The average Bonchev–Trinajstić information content (AvgIpc) is 3.16. The Kier molecular flexibility index (Phi) is 3.71. The van der Waals surface area contributed by atoms with E-state index < -0.39 is 0 Å². The van der Waals surface area contributed by atoms with Crippen LogP contribution in [0.1, 0.15) is 23.2 Å². The highest BCUT2D eigenvalue weighted by molar-refractivity contribution is 8.00. The lowest BCUT2D eigenvalue weighted by atomic mass is 10.1. The maximum absolute atomic E-state index is 12.0. The molecule has 3 N–H and O–H groups in total. The Labute approximate surface area is 111 Å². The molecular formula is C13H18N2O2S. The zero-order valence-corrected chi connectivity index (χ0v) is 11.5. The lowest BCUT2D eigenvalue weighted by Crippen LogP contribution is -2.31. The van der Waals surface area contributed by atoms with Crippen LogP contribution in [0, 0.1) is 0 Å². The second-order valence-corrected chi connectivity index (χ2v) is 5.80. The predicted octanol–water partition coefficient (Wildman–Crippen LogP) is 1.90. The standard InChI is InChI=1S/C13H18N2O2S/c1-17-11-4-3-9(7-10(11)14)12(16)15-8-13(18-2)5-6-13/h3-4,7H,5-6,8,14H2,1-2H3,(H,15,16). The van der Waals surface area contributed by atoms with Crippen molar-refractivity contribution in [2.45, 2.75) is 17.6 Å². The smallest absolute Gasteiger partial charge is 0.251 e. The van der Waals surface area contributed by atoms with Crippen molar-refractivity contribution in [2.75, 3.05) is 25.6 Å². The Bertz CT molecular complexity index is 458. The number of nitrogens with one attached hydrogen (secondary N) is 1. The van der Waals surface area contributed by atoms with Crippen LogP contribution in [0.25, 0.3) is 0 Å². The van der Waals surface area contributed by atoms with Gasteiger partial charge in [0.1, 0.15) is 5.75 Å². The minimum Gasteiger partial charge on any atom is -0.495 e. The van der Waals surface area contributed by atoms with Crippen LogP contribution in [-0.2, 0) is 0 Å². The number of anilines is 1. The van der Waals surface area contributed by atoms with Gasteiger partial charge in [-0.05, 0) is 37.3 Å². The van der Waals surface area contributed by atoms with E-state index in [1.54, 1.807) is 25.3 Å². The molecule has 5 heteroatoms. The van der Waals surface area contributed by atoms with Gasteiger partial charge in [-0.2, -0.15) is 11.8 Å². The molecule has 0 radical (unpaired) electrons. The number of ether oxygens (including phenoxy) is 1. The maximum atomic E-state index is 12.0. The van der Waals surface area contributed by atoms with Crippen LogP contribution in [0.3, 0.4) is 0 Å². The van der Waals surface area contributed by atoms with Gasteiger partial charge < -0.3 is 15.8 Å². The SMILES string of the molecule is COc1ccc(C(=O)NCC2(SC)CC2)cc1N. The van der Waals surface area contributed by atoms with Gasteiger partial charge in [0.05, 0.1) is 12.8 Å². The molecule has 0 saturated heterocycles. The summed E-state index contributed by atoms with van der Waals surface area (Å²) in [4.78, 5) is 12.0. The van der Waals surface area contributed by atoms with Gasteiger partial charge >= 0.3 is 0 Å². The summed E-state index contributed by atoms with van der Waals surface area (Å²) in [6, 6.07) is 5.09. The normalized spacial score (nSPS) is 16.1. The van der Waals surface area contributed by atoms with Gasteiger partial charge in [-0.1, -0.05) is 0 Å². The molecule has 1 aliphatic carbocycles. The van der Waals surface area contributed by atoms with E-state index in [9.17, 15) is 4.79 Å². The van der Waals surface area contributed by atoms with E-state index in [0.29, 0.717) is 17.0 Å². The zero-order chi connectivity index (χ0) is 13.2. The molecule has 1 fully saturated rings. The van der Waals surface area contributed by atoms with Crippen LogP contribution in [0.15, 0.2) is 18.2 Å². The second kappa shape index (κ2) is 5.10. The fourth-order valence-corrected chi connectivity index (χ4v) is 2.54. The van der Waals surface area contributed by atoms with Crippen molar-refractivity contribution in [2.24, 2.45) is 0 Å². The van der Waals surface area contributed by atoms with Gasteiger partial charge in [-0.25, -0.2) is 0 Å². The number of thioether (sulfide) groups is 1. The van der Waals surface area contributed by atoms with Gasteiger partial charge in [0.25, 0.3) is 5.91 Å². The van der Waals surface area contributed by atoms with Crippen molar-refractivity contribution in [3.8, 4) is 5.75 Å². The summed E-state index contributed by atoms with van der Waals surface area (Å²) in [6.07, 6.45) is 4.45. The Balaban J connectivity index is 1.98. The van der Waals surface area contributed by atoms with Crippen LogP contribution >= 0.6 is 11.8 Å². The molecule has 0 spiro atoms. The monoisotopic (exact) mass is 266 g/mol. The quantitative estimate of drug-likeness (QED) is 0.799. The summed E-state index contributed by atoms with van der Waals surface area (Å²) in [5.74, 6) is 0.513. The summed E-state index contributed by atoms with van der Waals surface area (Å²) in [6.45, 7) is 0.721. The first-order valence-electron chi connectivity index (χ1n) is 5.87. The van der Waals surface area contributed by atoms with E-state index in [0.717, 1.165) is 6.54 Å². The van der Waals surface area contributed by atoms with Crippen molar-refractivity contribution in [1.82, 2.24) is 5.32 Å². The average molecular weight is 266 g/mol. The zero-order valence-electron chi connectivity index (χ0n) is 10.7. The second-order valence-electron chi connectivity index (χ2n) is 4.53. The lowest BCUT2D eigenvalue weighted by Gasteiger charge is -2.13. The molecule has 0 heterocycles. The van der Waals surface area contributed by atoms with Crippen LogP contribution < -0.4 is 15.8 Å². The van der Waals surface area contributed by atoms with Crippen molar-refractivity contribution < 1.29 is 9.53 Å². The third-order valence-electron chi connectivity index (χ3n) is 3.30. The minimum absolute atomic E-state index is 0.0790. The van der Waals surface area contributed by atoms with Gasteiger partial charge in [-0.15, -0.1) is 0 Å². The number of benzene rings is 1. The number of hydrogen-bond acceptors (Lipinski definition) is 4. The number of hydrogen-bond donors (Lipinski definition) is 2. The predicted molar refractivity (Wildman–Crippen MR) is 75.2 cm³/mol. The fraction of sp³-hybridized carbons (Fsp3) is 0.462. The molecule has 2 rings (SSSR count). The largest absolute Gasteiger partial charge is 0.495 e. The number of methoxy groups -OCH3 is 1. The van der Waals surface area contributed by atoms with Crippen LogP contribution in [-0.4, -0.2) is 30.6 Å². The van der Waals surface area contributed by atoms with Crippen molar-refractivity contribution >= 4 is 23.4 Å². The number of rotatable bonds is 5. The number of carbonyl (C=O) groups is 1. The molecule has 1 amide bonds. The number of amides is 1. The lowest BCUT2D eigenvalue weighted by molar-refractivity contribution is 0.0953.